The number of hydrogen-bond acceptors (Lipinski definition) is 2. The van der Waals surface area contributed by atoms with E-state index in [-0.39, 0.29) is 5.91 Å². The second kappa shape index (κ2) is 7.63. The number of benzene rings is 2. The quantitative estimate of drug-likeness (QED) is 0.892. The molecule has 0 fully saturated rings. The summed E-state index contributed by atoms with van der Waals surface area (Å²) >= 11 is 11.9. The van der Waals surface area contributed by atoms with Crippen LogP contribution in [0.4, 0.5) is 0 Å². The third kappa shape index (κ3) is 4.01. The van der Waals surface area contributed by atoms with E-state index in [1.54, 1.807) is 17.0 Å². The zero-order chi connectivity index (χ0) is 16.1. The van der Waals surface area contributed by atoms with Crippen molar-refractivity contribution >= 4 is 29.1 Å². The van der Waals surface area contributed by atoms with Gasteiger partial charge in [-0.05, 0) is 42.3 Å². The van der Waals surface area contributed by atoms with Gasteiger partial charge in [0.15, 0.2) is 0 Å². The highest BCUT2D eigenvalue weighted by molar-refractivity contribution is 6.42. The van der Waals surface area contributed by atoms with E-state index in [9.17, 15) is 4.79 Å². The van der Waals surface area contributed by atoms with Crippen molar-refractivity contribution in [1.82, 2.24) is 4.90 Å². The second-order valence-corrected chi connectivity index (χ2v) is 5.78. The van der Waals surface area contributed by atoms with Gasteiger partial charge in [0, 0.05) is 25.2 Å². The number of nitrogens with two attached hydrogens (primary N) is 1. The minimum Gasteiger partial charge on any atom is -0.335 e. The molecule has 3 nitrogen and oxygen atoms in total. The van der Waals surface area contributed by atoms with Crippen molar-refractivity contribution in [2.45, 2.75) is 20.0 Å². The van der Waals surface area contributed by atoms with Crippen molar-refractivity contribution in [3.8, 4) is 0 Å². The van der Waals surface area contributed by atoms with E-state index >= 15 is 0 Å². The molecule has 0 bridgehead atoms. The molecule has 0 spiro atoms. The first-order chi connectivity index (χ1) is 10.5. The largest absolute Gasteiger partial charge is 0.335 e. The average molecular weight is 337 g/mol. The lowest BCUT2D eigenvalue weighted by Gasteiger charge is -2.21. The molecule has 2 aromatic carbocycles. The topological polar surface area (TPSA) is 46.3 Å². The summed E-state index contributed by atoms with van der Waals surface area (Å²) < 4.78 is 0. The van der Waals surface area contributed by atoms with Gasteiger partial charge in [-0.25, -0.2) is 0 Å². The van der Waals surface area contributed by atoms with E-state index in [1.807, 2.05) is 37.3 Å². The van der Waals surface area contributed by atoms with Crippen LogP contribution in [-0.2, 0) is 13.1 Å². The maximum atomic E-state index is 12.6. The van der Waals surface area contributed by atoms with Crippen molar-refractivity contribution in [3.63, 3.8) is 0 Å². The van der Waals surface area contributed by atoms with Crippen LogP contribution >= 0.6 is 23.2 Å². The van der Waals surface area contributed by atoms with Gasteiger partial charge in [-0.15, -0.1) is 0 Å². The van der Waals surface area contributed by atoms with Crippen LogP contribution < -0.4 is 5.73 Å². The Balaban J connectivity index is 2.15. The van der Waals surface area contributed by atoms with E-state index in [4.69, 9.17) is 28.9 Å². The van der Waals surface area contributed by atoms with Gasteiger partial charge in [-0.1, -0.05) is 41.4 Å². The number of nitrogens with zero attached hydrogens (tertiary/aromatic N) is 1. The Kier molecular flexibility index (Phi) is 5.83. The lowest BCUT2D eigenvalue weighted by Crippen LogP contribution is -2.30. The molecule has 1 amide bonds. The SMILES string of the molecule is CCN(Cc1ccc(Cl)c(Cl)c1)C(=O)c1ccc(CN)cc1. The lowest BCUT2D eigenvalue weighted by molar-refractivity contribution is 0.0752. The normalized spacial score (nSPS) is 10.5. The van der Waals surface area contributed by atoms with Gasteiger partial charge in [0.05, 0.1) is 10.0 Å². The summed E-state index contributed by atoms with van der Waals surface area (Å²) in [5.41, 5.74) is 8.17. The highest BCUT2D eigenvalue weighted by Crippen LogP contribution is 2.23. The van der Waals surface area contributed by atoms with E-state index in [0.29, 0.717) is 35.2 Å². The van der Waals surface area contributed by atoms with Crippen LogP contribution in [0.2, 0.25) is 10.0 Å². The Labute approximate surface area is 140 Å². The van der Waals surface area contributed by atoms with Gasteiger partial charge < -0.3 is 10.6 Å². The number of carbonyl (C=O) groups is 1. The first kappa shape index (κ1) is 16.8. The maximum Gasteiger partial charge on any atom is 0.254 e. The monoisotopic (exact) mass is 336 g/mol. The highest BCUT2D eigenvalue weighted by Gasteiger charge is 2.15. The fourth-order valence-corrected chi connectivity index (χ4v) is 2.47. The molecule has 0 radical (unpaired) electrons. The molecule has 0 aliphatic carbocycles. The highest BCUT2D eigenvalue weighted by atomic mass is 35.5. The molecule has 0 aliphatic heterocycles. The molecule has 0 unspecified atom stereocenters. The summed E-state index contributed by atoms with van der Waals surface area (Å²) in [5, 5.41) is 1.01. The van der Waals surface area contributed by atoms with Crippen molar-refractivity contribution in [2.24, 2.45) is 5.73 Å². The molecule has 0 heterocycles. The van der Waals surface area contributed by atoms with Crippen LogP contribution in [0, 0.1) is 0 Å². The van der Waals surface area contributed by atoms with Gasteiger partial charge >= 0.3 is 0 Å². The molecule has 0 saturated carbocycles. The maximum absolute atomic E-state index is 12.6. The van der Waals surface area contributed by atoms with Crippen molar-refractivity contribution in [3.05, 3.63) is 69.2 Å². The van der Waals surface area contributed by atoms with Gasteiger partial charge in [0.2, 0.25) is 0 Å². The van der Waals surface area contributed by atoms with E-state index in [2.05, 4.69) is 0 Å². The van der Waals surface area contributed by atoms with Crippen molar-refractivity contribution in [1.29, 1.82) is 0 Å². The van der Waals surface area contributed by atoms with Crippen molar-refractivity contribution in [2.75, 3.05) is 6.54 Å². The Hall–Kier alpha value is -1.55. The van der Waals surface area contributed by atoms with E-state index in [0.717, 1.165) is 11.1 Å². The lowest BCUT2D eigenvalue weighted by atomic mass is 10.1. The minimum absolute atomic E-state index is 0.0165. The summed E-state index contributed by atoms with van der Waals surface area (Å²) in [6.07, 6.45) is 0. The van der Waals surface area contributed by atoms with Gasteiger partial charge in [0.25, 0.3) is 5.91 Å². The Bertz CT molecular complexity index is 656. The van der Waals surface area contributed by atoms with Crippen LogP contribution in [-0.4, -0.2) is 17.4 Å². The number of rotatable bonds is 5. The molecule has 2 N–H and O–H groups in total. The smallest absolute Gasteiger partial charge is 0.254 e. The standard InChI is InChI=1S/C17H18Cl2N2O/c1-2-21(11-13-5-8-15(18)16(19)9-13)17(22)14-6-3-12(10-20)4-7-14/h3-9H,2,10-11,20H2,1H3. The summed E-state index contributed by atoms with van der Waals surface area (Å²) in [5.74, 6) is -0.0165. The molecule has 2 aromatic rings. The molecule has 5 heteroatoms. The first-order valence-corrected chi connectivity index (χ1v) is 7.83. The fraction of sp³-hybridized carbons (Fsp3) is 0.235. The molecular formula is C17H18Cl2N2O. The summed E-state index contributed by atoms with van der Waals surface area (Å²) in [6.45, 7) is 3.52. The van der Waals surface area contributed by atoms with E-state index < -0.39 is 0 Å². The predicted molar refractivity (Wildman–Crippen MR) is 91.2 cm³/mol. The Morgan fingerprint density at radius 2 is 1.68 bits per heavy atom. The second-order valence-electron chi connectivity index (χ2n) is 4.97. The van der Waals surface area contributed by atoms with Crippen LogP contribution in [0.3, 0.4) is 0 Å². The van der Waals surface area contributed by atoms with Crippen LogP contribution in [0.1, 0.15) is 28.4 Å². The first-order valence-electron chi connectivity index (χ1n) is 7.07. The third-order valence-electron chi connectivity index (χ3n) is 3.46. The van der Waals surface area contributed by atoms with Crippen molar-refractivity contribution < 1.29 is 4.79 Å². The average Bonchev–Trinajstić information content (AvgIpc) is 2.55. The zero-order valence-corrected chi connectivity index (χ0v) is 13.9. The molecule has 116 valence electrons. The number of carbonyl (C=O) groups excluding carboxylic acids is 1. The Morgan fingerprint density at radius 1 is 1.05 bits per heavy atom. The van der Waals surface area contributed by atoms with Gasteiger partial charge in [0.1, 0.15) is 0 Å². The summed E-state index contributed by atoms with van der Waals surface area (Å²) in [7, 11) is 0. The third-order valence-corrected chi connectivity index (χ3v) is 4.20. The van der Waals surface area contributed by atoms with Gasteiger partial charge in [-0.2, -0.15) is 0 Å². The molecule has 0 atom stereocenters. The van der Waals surface area contributed by atoms with Crippen LogP contribution in [0.25, 0.3) is 0 Å². The van der Waals surface area contributed by atoms with Crippen LogP contribution in [0.5, 0.6) is 0 Å². The molecule has 0 aliphatic rings. The predicted octanol–water partition coefficient (Wildman–Crippen LogP) is 4.11. The number of halogens is 2. The zero-order valence-electron chi connectivity index (χ0n) is 12.4. The molecule has 22 heavy (non-hydrogen) atoms. The van der Waals surface area contributed by atoms with Crippen LogP contribution in [0.15, 0.2) is 42.5 Å². The molecule has 0 aromatic heterocycles. The summed E-state index contributed by atoms with van der Waals surface area (Å²) in [4.78, 5) is 14.3. The number of amides is 1. The number of hydrogen-bond donors (Lipinski definition) is 1. The fourth-order valence-electron chi connectivity index (χ4n) is 2.15. The molecular weight excluding hydrogens is 319 g/mol. The molecule has 2 rings (SSSR count). The minimum atomic E-state index is -0.0165. The van der Waals surface area contributed by atoms with E-state index in [1.165, 1.54) is 0 Å². The summed E-state index contributed by atoms with van der Waals surface area (Å²) in [6, 6.07) is 12.8. The Morgan fingerprint density at radius 3 is 2.23 bits per heavy atom. The van der Waals surface area contributed by atoms with Gasteiger partial charge in [-0.3, -0.25) is 4.79 Å². The molecule has 0 saturated heterocycles.